The van der Waals surface area contributed by atoms with Crippen molar-refractivity contribution in [2.24, 2.45) is 23.7 Å². The molecule has 5 aliphatic carbocycles. The van der Waals surface area contributed by atoms with Gasteiger partial charge in [-0.1, -0.05) is 6.07 Å². The molecule has 0 N–H and O–H groups in total. The van der Waals surface area contributed by atoms with Crippen molar-refractivity contribution in [3.63, 3.8) is 0 Å². The first-order valence-electron chi connectivity index (χ1n) is 13.7. The largest absolute Gasteiger partial charge is 0.476 e. The standard InChI is InChI=1S/C27H38N2O5/c1-2-21(22-3-4-25(28-18-22)31-11-8-29-6-9-30-10-7-29)17-26(5-1)32-27(34-33-26)23-13-19-12-20(15-23)16-24(27)14-19/h3-4,18-21,23-24H,1-2,5-17H2/t19?,20?,21?,23?,24?,26-,27?/m1/s1. The summed E-state index contributed by atoms with van der Waals surface area (Å²) in [6, 6.07) is 4.19. The molecule has 0 radical (unpaired) electrons. The van der Waals surface area contributed by atoms with Crippen molar-refractivity contribution in [3.8, 4) is 5.88 Å². The molecule has 7 fully saturated rings. The van der Waals surface area contributed by atoms with Gasteiger partial charge in [0.25, 0.3) is 0 Å². The molecule has 5 saturated carbocycles. The van der Waals surface area contributed by atoms with Crippen molar-refractivity contribution in [1.82, 2.24) is 9.88 Å². The fourth-order valence-corrected chi connectivity index (χ4v) is 8.08. The summed E-state index contributed by atoms with van der Waals surface area (Å²) in [6.45, 7) is 5.17. The molecule has 7 aliphatic rings. The van der Waals surface area contributed by atoms with Crippen LogP contribution in [0.1, 0.15) is 69.3 Å². The summed E-state index contributed by atoms with van der Waals surface area (Å²) >= 11 is 0. The van der Waals surface area contributed by atoms with Gasteiger partial charge in [-0.25, -0.2) is 4.98 Å². The number of morpholine rings is 1. The van der Waals surface area contributed by atoms with Gasteiger partial charge < -0.3 is 14.2 Å². The zero-order valence-electron chi connectivity index (χ0n) is 20.2. The van der Waals surface area contributed by atoms with Crippen LogP contribution in [0.5, 0.6) is 5.88 Å². The summed E-state index contributed by atoms with van der Waals surface area (Å²) < 4.78 is 18.3. The Morgan fingerprint density at radius 3 is 2.53 bits per heavy atom. The Kier molecular flexibility index (Phi) is 5.62. The summed E-state index contributed by atoms with van der Waals surface area (Å²) in [5.74, 6) is 2.80. The number of hydrogen-bond acceptors (Lipinski definition) is 7. The highest BCUT2D eigenvalue weighted by atomic mass is 17.3. The molecule has 34 heavy (non-hydrogen) atoms. The van der Waals surface area contributed by atoms with Gasteiger partial charge >= 0.3 is 0 Å². The Morgan fingerprint density at radius 2 is 1.79 bits per heavy atom. The summed E-state index contributed by atoms with van der Waals surface area (Å²) in [7, 11) is 0. The van der Waals surface area contributed by atoms with Gasteiger partial charge in [-0.05, 0) is 68.3 Å². The second kappa shape index (κ2) is 8.70. The van der Waals surface area contributed by atoms with Crippen LogP contribution in [0.4, 0.5) is 0 Å². The van der Waals surface area contributed by atoms with E-state index in [0.717, 1.165) is 70.4 Å². The Bertz CT molecular complexity index is 844. The highest BCUT2D eigenvalue weighted by Crippen LogP contribution is 2.64. The van der Waals surface area contributed by atoms with Crippen molar-refractivity contribution in [2.75, 3.05) is 39.5 Å². The SMILES string of the molecule is c1cc(OCCN2CCOCC2)ncc1C1CCC[C@]2(C1)OOC1(O2)C2CC3CC(C2)CC1C3. The zero-order chi connectivity index (χ0) is 22.6. The summed E-state index contributed by atoms with van der Waals surface area (Å²) in [4.78, 5) is 19.4. The highest BCUT2D eigenvalue weighted by molar-refractivity contribution is 5.22. The van der Waals surface area contributed by atoms with Gasteiger partial charge in [-0.2, -0.15) is 9.78 Å². The third kappa shape index (κ3) is 3.88. The average Bonchev–Trinajstić information content (AvgIpc) is 3.22. The van der Waals surface area contributed by atoms with E-state index in [2.05, 4.69) is 16.0 Å². The third-order valence-corrected chi connectivity index (χ3v) is 9.60. The number of rotatable bonds is 5. The van der Waals surface area contributed by atoms with Gasteiger partial charge in [0.05, 0.1) is 13.2 Å². The predicted octanol–water partition coefficient (Wildman–Crippen LogP) is 4.28. The van der Waals surface area contributed by atoms with Crippen LogP contribution in [0.15, 0.2) is 18.3 Å². The maximum atomic E-state index is 6.94. The number of pyridine rings is 1. The minimum absolute atomic E-state index is 0.374. The maximum Gasteiger partial charge on any atom is 0.213 e. The number of ether oxygens (including phenoxy) is 3. The van der Waals surface area contributed by atoms with Gasteiger partial charge in [-0.15, -0.1) is 0 Å². The van der Waals surface area contributed by atoms with Crippen molar-refractivity contribution < 1.29 is 24.0 Å². The molecule has 186 valence electrons. The first-order chi connectivity index (χ1) is 16.7. The lowest BCUT2D eigenvalue weighted by molar-refractivity contribution is -0.390. The molecule has 2 spiro atoms. The van der Waals surface area contributed by atoms with E-state index in [4.69, 9.17) is 24.0 Å². The van der Waals surface area contributed by atoms with E-state index >= 15 is 0 Å². The highest BCUT2D eigenvalue weighted by Gasteiger charge is 2.67. The van der Waals surface area contributed by atoms with Crippen molar-refractivity contribution in [1.29, 1.82) is 0 Å². The topological polar surface area (TPSA) is 62.3 Å². The van der Waals surface area contributed by atoms with E-state index in [1.54, 1.807) is 0 Å². The summed E-state index contributed by atoms with van der Waals surface area (Å²) in [6.07, 6.45) is 12.4. The Balaban J connectivity index is 0.981. The van der Waals surface area contributed by atoms with E-state index in [1.807, 2.05) is 12.3 Å². The molecule has 1 aromatic rings. The van der Waals surface area contributed by atoms with E-state index < -0.39 is 11.6 Å². The molecule has 2 atom stereocenters. The fraction of sp³-hybridized carbons (Fsp3) is 0.815. The molecular weight excluding hydrogens is 432 g/mol. The Labute approximate surface area is 202 Å². The molecule has 1 unspecified atom stereocenters. The lowest BCUT2D eigenvalue weighted by Crippen LogP contribution is -2.59. The first kappa shape index (κ1) is 22.0. The van der Waals surface area contributed by atoms with E-state index in [0.29, 0.717) is 30.2 Å². The molecule has 2 aliphatic heterocycles. The molecule has 2 saturated heterocycles. The van der Waals surface area contributed by atoms with Crippen LogP contribution in [0.2, 0.25) is 0 Å². The van der Waals surface area contributed by atoms with Gasteiger partial charge in [0.2, 0.25) is 17.5 Å². The smallest absolute Gasteiger partial charge is 0.213 e. The molecule has 7 nitrogen and oxygen atoms in total. The summed E-state index contributed by atoms with van der Waals surface area (Å²) in [5, 5.41) is 0. The molecule has 3 heterocycles. The normalized spacial score (nSPS) is 43.7. The Morgan fingerprint density at radius 1 is 1.00 bits per heavy atom. The number of hydrogen-bond donors (Lipinski definition) is 0. The van der Waals surface area contributed by atoms with Gasteiger partial charge in [0, 0.05) is 56.6 Å². The first-order valence-corrected chi connectivity index (χ1v) is 13.7. The van der Waals surface area contributed by atoms with Crippen molar-refractivity contribution in [3.05, 3.63) is 23.9 Å². The average molecular weight is 471 g/mol. The van der Waals surface area contributed by atoms with Crippen molar-refractivity contribution >= 4 is 0 Å². The maximum absolute atomic E-state index is 6.94. The molecule has 0 amide bonds. The molecular formula is C27H38N2O5. The molecule has 1 aromatic heterocycles. The van der Waals surface area contributed by atoms with Crippen LogP contribution in [0.25, 0.3) is 0 Å². The minimum atomic E-state index is -0.592. The van der Waals surface area contributed by atoms with Crippen LogP contribution in [0, 0.1) is 23.7 Å². The number of aromatic nitrogens is 1. The fourth-order valence-electron chi connectivity index (χ4n) is 8.08. The molecule has 0 aromatic carbocycles. The molecule has 8 rings (SSSR count). The zero-order valence-corrected chi connectivity index (χ0v) is 20.2. The minimum Gasteiger partial charge on any atom is -0.476 e. The van der Waals surface area contributed by atoms with Crippen LogP contribution >= 0.6 is 0 Å². The second-order valence-corrected chi connectivity index (χ2v) is 11.7. The van der Waals surface area contributed by atoms with Crippen LogP contribution < -0.4 is 4.74 Å². The molecule has 7 heteroatoms. The van der Waals surface area contributed by atoms with Crippen LogP contribution in [-0.4, -0.2) is 60.9 Å². The van der Waals surface area contributed by atoms with Gasteiger partial charge in [0.1, 0.15) is 6.61 Å². The molecule has 4 bridgehead atoms. The Hall–Kier alpha value is -1.25. The van der Waals surface area contributed by atoms with Gasteiger partial charge in [-0.3, -0.25) is 4.90 Å². The van der Waals surface area contributed by atoms with E-state index in [9.17, 15) is 0 Å². The quantitative estimate of drug-likeness (QED) is 0.596. The van der Waals surface area contributed by atoms with Crippen molar-refractivity contribution in [2.45, 2.75) is 75.3 Å². The lowest BCUT2D eigenvalue weighted by Gasteiger charge is -2.57. The van der Waals surface area contributed by atoms with Gasteiger partial charge in [0.15, 0.2) is 0 Å². The lowest BCUT2D eigenvalue weighted by atomic mass is 9.53. The predicted molar refractivity (Wildman–Crippen MR) is 124 cm³/mol. The summed E-state index contributed by atoms with van der Waals surface area (Å²) in [5.41, 5.74) is 1.25. The number of nitrogens with zero attached hydrogens (tertiary/aromatic N) is 2. The van der Waals surface area contributed by atoms with E-state index in [1.165, 1.54) is 37.7 Å². The third-order valence-electron chi connectivity index (χ3n) is 9.60. The van der Waals surface area contributed by atoms with E-state index in [-0.39, 0.29) is 0 Å². The second-order valence-electron chi connectivity index (χ2n) is 11.7. The van der Waals surface area contributed by atoms with Crippen LogP contribution in [0.3, 0.4) is 0 Å². The monoisotopic (exact) mass is 470 g/mol. The van der Waals surface area contributed by atoms with Crippen LogP contribution in [-0.2, 0) is 19.2 Å².